The van der Waals surface area contributed by atoms with Gasteiger partial charge in [-0.2, -0.15) is 15.5 Å². The number of carbonyl (C=O) groups is 2. The Bertz CT molecular complexity index is 701. The van der Waals surface area contributed by atoms with Crippen LogP contribution in [0.25, 0.3) is 0 Å². The van der Waals surface area contributed by atoms with Gasteiger partial charge < -0.3 is 4.74 Å². The minimum Gasteiger partial charge on any atom is -0.461 e. The van der Waals surface area contributed by atoms with Crippen LogP contribution in [0.5, 0.6) is 0 Å². The number of hydrogen-bond donors (Lipinski definition) is 2. The van der Waals surface area contributed by atoms with Crippen molar-refractivity contribution in [3.05, 3.63) is 29.8 Å². The maximum Gasteiger partial charge on any atom is 0.369 e. The van der Waals surface area contributed by atoms with Gasteiger partial charge in [0.05, 0.1) is 18.0 Å². The Morgan fingerprint density at radius 3 is 2.74 bits per heavy atom. The number of hydrogen-bond acceptors (Lipinski definition) is 7. The number of hydrazone groups is 2. The van der Waals surface area contributed by atoms with E-state index < -0.39 is 5.97 Å². The molecular weight excluding hydrogens is 298 g/mol. The molecule has 0 saturated carbocycles. The Balaban J connectivity index is 2.04. The van der Waals surface area contributed by atoms with Gasteiger partial charge in [0, 0.05) is 12.8 Å². The quantitative estimate of drug-likeness (QED) is 0.480. The molecule has 0 spiro atoms. The molecule has 0 atom stereocenters. The molecular formula is C15H15N5O3. The number of anilines is 1. The number of nitriles is 1. The molecule has 23 heavy (non-hydrogen) atoms. The summed E-state index contributed by atoms with van der Waals surface area (Å²) in [5, 5.41) is 16.6. The molecule has 2 N–H and O–H groups in total. The zero-order valence-corrected chi connectivity index (χ0v) is 12.5. The van der Waals surface area contributed by atoms with E-state index in [0.29, 0.717) is 18.5 Å². The van der Waals surface area contributed by atoms with Gasteiger partial charge in [0.2, 0.25) is 11.6 Å². The molecule has 0 aromatic heterocycles. The van der Waals surface area contributed by atoms with Crippen molar-refractivity contribution in [2.24, 2.45) is 10.2 Å². The number of rotatable bonds is 5. The molecule has 118 valence electrons. The van der Waals surface area contributed by atoms with E-state index in [1.165, 1.54) is 0 Å². The zero-order valence-electron chi connectivity index (χ0n) is 12.5. The van der Waals surface area contributed by atoms with E-state index in [1.54, 1.807) is 25.1 Å². The molecule has 8 nitrogen and oxygen atoms in total. The molecule has 1 aromatic carbocycles. The van der Waals surface area contributed by atoms with E-state index in [2.05, 4.69) is 21.1 Å². The molecule has 1 aliphatic rings. The van der Waals surface area contributed by atoms with Crippen molar-refractivity contribution >= 4 is 29.0 Å². The molecule has 1 aromatic rings. The highest BCUT2D eigenvalue weighted by atomic mass is 16.5. The fourth-order valence-corrected chi connectivity index (χ4v) is 1.86. The summed E-state index contributed by atoms with van der Waals surface area (Å²) in [5.74, 6) is -0.865. The third-order valence-electron chi connectivity index (χ3n) is 2.99. The van der Waals surface area contributed by atoms with Crippen LogP contribution in [0.4, 0.5) is 5.69 Å². The fraction of sp³-hybridized carbons (Fsp3) is 0.267. The summed E-state index contributed by atoms with van der Waals surface area (Å²) in [6.07, 6.45) is 0.992. The SMILES string of the molecule is CCOC(=O)C(C#N)=NNc1ccc(C2=NNC(=O)CC2)cc1. The number of esters is 1. The lowest BCUT2D eigenvalue weighted by Crippen LogP contribution is -2.25. The first-order valence-electron chi connectivity index (χ1n) is 7.00. The van der Waals surface area contributed by atoms with Crippen LogP contribution >= 0.6 is 0 Å². The Hall–Kier alpha value is -3.21. The van der Waals surface area contributed by atoms with Crippen LogP contribution < -0.4 is 10.9 Å². The van der Waals surface area contributed by atoms with E-state index >= 15 is 0 Å². The Kier molecular flexibility index (Phi) is 5.41. The molecule has 1 heterocycles. The summed E-state index contributed by atoms with van der Waals surface area (Å²) < 4.78 is 4.71. The largest absolute Gasteiger partial charge is 0.461 e. The summed E-state index contributed by atoms with van der Waals surface area (Å²) in [6, 6.07) is 8.77. The van der Waals surface area contributed by atoms with Gasteiger partial charge in [-0.3, -0.25) is 10.2 Å². The predicted octanol–water partition coefficient (Wildman–Crippen LogP) is 1.16. The monoisotopic (exact) mass is 313 g/mol. The van der Waals surface area contributed by atoms with Crippen molar-refractivity contribution in [2.75, 3.05) is 12.0 Å². The summed E-state index contributed by atoms with van der Waals surface area (Å²) >= 11 is 0. The Morgan fingerprint density at radius 2 is 2.17 bits per heavy atom. The number of nitrogens with one attached hydrogen (secondary N) is 2. The smallest absolute Gasteiger partial charge is 0.369 e. The van der Waals surface area contributed by atoms with E-state index in [1.807, 2.05) is 12.1 Å². The summed E-state index contributed by atoms with van der Waals surface area (Å²) in [5.41, 5.74) is 7.00. The van der Waals surface area contributed by atoms with Crippen LogP contribution in [0.3, 0.4) is 0 Å². The molecule has 2 rings (SSSR count). The van der Waals surface area contributed by atoms with Crippen molar-refractivity contribution in [3.8, 4) is 6.07 Å². The number of nitrogens with zero attached hydrogens (tertiary/aromatic N) is 3. The lowest BCUT2D eigenvalue weighted by atomic mass is 10.0. The third-order valence-corrected chi connectivity index (χ3v) is 2.99. The molecule has 0 unspecified atom stereocenters. The van der Waals surface area contributed by atoms with Gasteiger partial charge >= 0.3 is 5.97 Å². The molecule has 8 heteroatoms. The molecule has 0 radical (unpaired) electrons. The van der Waals surface area contributed by atoms with Gasteiger partial charge in [-0.05, 0) is 24.6 Å². The first kappa shape index (κ1) is 16.2. The number of ether oxygens (including phenoxy) is 1. The third kappa shape index (κ3) is 4.38. The number of amides is 1. The Labute approximate surface area is 132 Å². The van der Waals surface area contributed by atoms with E-state index in [9.17, 15) is 9.59 Å². The number of benzene rings is 1. The van der Waals surface area contributed by atoms with E-state index in [4.69, 9.17) is 10.00 Å². The lowest BCUT2D eigenvalue weighted by Gasteiger charge is -2.12. The molecule has 0 aliphatic carbocycles. The van der Waals surface area contributed by atoms with E-state index in [-0.39, 0.29) is 18.2 Å². The maximum atomic E-state index is 11.4. The van der Waals surface area contributed by atoms with Crippen LogP contribution in [-0.4, -0.2) is 29.9 Å². The minimum absolute atomic E-state index is 0.0932. The second-order valence-electron chi connectivity index (χ2n) is 4.58. The Morgan fingerprint density at radius 1 is 1.43 bits per heavy atom. The van der Waals surface area contributed by atoms with Gasteiger partial charge in [0.25, 0.3) is 0 Å². The fourth-order valence-electron chi connectivity index (χ4n) is 1.86. The van der Waals surface area contributed by atoms with Crippen molar-refractivity contribution in [1.82, 2.24) is 5.43 Å². The van der Waals surface area contributed by atoms with Crippen molar-refractivity contribution < 1.29 is 14.3 Å². The zero-order chi connectivity index (χ0) is 16.7. The highest BCUT2D eigenvalue weighted by molar-refractivity contribution is 6.43. The second-order valence-corrected chi connectivity index (χ2v) is 4.58. The first-order chi connectivity index (χ1) is 11.1. The van der Waals surface area contributed by atoms with Gasteiger partial charge in [-0.1, -0.05) is 12.1 Å². The average Bonchev–Trinajstić information content (AvgIpc) is 2.57. The highest BCUT2D eigenvalue weighted by Crippen LogP contribution is 2.14. The van der Waals surface area contributed by atoms with Crippen LogP contribution in [0.1, 0.15) is 25.3 Å². The molecule has 0 saturated heterocycles. The maximum absolute atomic E-state index is 11.4. The van der Waals surface area contributed by atoms with Gasteiger partial charge in [-0.15, -0.1) is 0 Å². The van der Waals surface area contributed by atoms with Crippen LogP contribution in [0, 0.1) is 11.3 Å². The highest BCUT2D eigenvalue weighted by Gasteiger charge is 2.13. The van der Waals surface area contributed by atoms with Gasteiger partial charge in [0.1, 0.15) is 6.07 Å². The summed E-state index contributed by atoms with van der Waals surface area (Å²) in [7, 11) is 0. The van der Waals surface area contributed by atoms with Crippen molar-refractivity contribution in [3.63, 3.8) is 0 Å². The molecule has 1 aliphatic heterocycles. The molecule has 0 bridgehead atoms. The lowest BCUT2D eigenvalue weighted by molar-refractivity contribution is -0.134. The van der Waals surface area contributed by atoms with Gasteiger partial charge in [0.15, 0.2) is 0 Å². The standard InChI is InChI=1S/C15H15N5O3/c1-2-23-15(22)13(9-16)19-17-11-5-3-10(4-6-11)12-7-8-14(21)20-18-12/h3-6,17H,2,7-8H2,1H3,(H,20,21). The normalized spacial score (nSPS) is 14.3. The van der Waals surface area contributed by atoms with E-state index in [0.717, 1.165) is 11.3 Å². The van der Waals surface area contributed by atoms with Crippen LogP contribution in [0.15, 0.2) is 34.5 Å². The summed E-state index contributed by atoms with van der Waals surface area (Å²) in [6.45, 7) is 1.82. The van der Waals surface area contributed by atoms with Crippen molar-refractivity contribution in [2.45, 2.75) is 19.8 Å². The average molecular weight is 313 g/mol. The van der Waals surface area contributed by atoms with Crippen molar-refractivity contribution in [1.29, 1.82) is 5.26 Å². The predicted molar refractivity (Wildman–Crippen MR) is 83.7 cm³/mol. The second kappa shape index (κ2) is 7.70. The topological polar surface area (TPSA) is 116 Å². The number of carbonyl (C=O) groups excluding carboxylic acids is 2. The first-order valence-corrected chi connectivity index (χ1v) is 7.00. The van der Waals surface area contributed by atoms with Gasteiger partial charge in [-0.25, -0.2) is 10.2 Å². The van der Waals surface area contributed by atoms with Crippen LogP contribution in [0.2, 0.25) is 0 Å². The molecule has 1 amide bonds. The van der Waals surface area contributed by atoms with Crippen LogP contribution in [-0.2, 0) is 14.3 Å². The molecule has 0 fully saturated rings. The minimum atomic E-state index is -0.772. The summed E-state index contributed by atoms with van der Waals surface area (Å²) in [4.78, 5) is 22.5.